The molecule has 6 aliphatic rings. The molecule has 1 unspecified atom stereocenters. The molecule has 2 aliphatic carbocycles. The number of ether oxygens (including phenoxy) is 3. The van der Waals surface area contributed by atoms with Crippen molar-refractivity contribution in [3.05, 3.63) is 76.1 Å². The third-order valence-electron chi connectivity index (χ3n) is 14.8. The van der Waals surface area contributed by atoms with Gasteiger partial charge in [0.15, 0.2) is 0 Å². The van der Waals surface area contributed by atoms with Crippen LogP contribution < -0.4 is 4.74 Å². The number of carbonyl (C=O) groups excluding carboxylic acids is 2. The fourth-order valence-corrected chi connectivity index (χ4v) is 12.7. The van der Waals surface area contributed by atoms with E-state index >= 15 is 0 Å². The van der Waals surface area contributed by atoms with E-state index in [1.807, 2.05) is 6.92 Å². The number of esters is 2. The molecule has 6 heterocycles. The van der Waals surface area contributed by atoms with Crippen LogP contribution in [0.15, 0.2) is 48.0 Å². The minimum Gasteiger partial charge on any atom is -0.496 e. The van der Waals surface area contributed by atoms with Gasteiger partial charge in [-0.1, -0.05) is 43.2 Å². The largest absolute Gasteiger partial charge is 0.496 e. The summed E-state index contributed by atoms with van der Waals surface area (Å²) in [4.78, 5) is 41.4. The molecule has 0 amide bonds. The zero-order valence-electron chi connectivity index (χ0n) is 32.5. The molecule has 0 radical (unpaired) electrons. The molecule has 3 N–H and O–H groups in total. The average molecular weight is 735 g/mol. The van der Waals surface area contributed by atoms with E-state index in [1.165, 1.54) is 12.7 Å². The number of aromatic nitrogens is 2. The lowest BCUT2D eigenvalue weighted by atomic mass is 9.56. The number of piperidine rings is 3. The van der Waals surface area contributed by atoms with Gasteiger partial charge in [0.05, 0.1) is 33.5 Å². The number of para-hydroxylation sites is 1. The molecule has 10 nitrogen and oxygen atoms in total. The molecule has 9 atom stereocenters. The summed E-state index contributed by atoms with van der Waals surface area (Å²) in [6, 6.07) is 12.4. The topological polar surface area (TPSA) is 120 Å². The SMILES string of the molecule is C/C=C1/CN(C)[C@H]2Cc3c([nH]c4ccccc34)[C@H](c3c(OC)ccc4c5c([nH]c34)[C@]3(C(=O)OC)C[C@H]4C[C@H](CC)[C@@H]3N(CC5)C4)C[C@H]1[C@]2(CO)C(=O)OC. The number of fused-ring (bicyclic) bond motifs is 9. The first-order valence-electron chi connectivity index (χ1n) is 19.9. The summed E-state index contributed by atoms with van der Waals surface area (Å²) >= 11 is 0. The Kier molecular flexibility index (Phi) is 8.56. The van der Waals surface area contributed by atoms with Crippen molar-refractivity contribution in [3.63, 3.8) is 0 Å². The van der Waals surface area contributed by atoms with Crippen LogP contribution >= 0.6 is 0 Å². The highest BCUT2D eigenvalue weighted by atomic mass is 16.5. The molecule has 0 spiro atoms. The summed E-state index contributed by atoms with van der Waals surface area (Å²) in [6.45, 7) is 6.58. The number of hydrogen-bond acceptors (Lipinski definition) is 8. The van der Waals surface area contributed by atoms with Crippen molar-refractivity contribution in [2.75, 3.05) is 54.6 Å². The highest BCUT2D eigenvalue weighted by Gasteiger charge is 2.63. The molecule has 286 valence electrons. The first-order valence-corrected chi connectivity index (χ1v) is 19.9. The average Bonchev–Trinajstić information content (AvgIpc) is 3.73. The molecule has 6 bridgehead atoms. The molecule has 10 heteroatoms. The lowest BCUT2D eigenvalue weighted by molar-refractivity contribution is -0.169. The summed E-state index contributed by atoms with van der Waals surface area (Å²) < 4.78 is 17.7. The van der Waals surface area contributed by atoms with Crippen LogP contribution in [0.25, 0.3) is 21.8 Å². The molecule has 10 rings (SSSR count). The van der Waals surface area contributed by atoms with Crippen molar-refractivity contribution in [1.82, 2.24) is 19.8 Å². The first kappa shape index (κ1) is 35.6. The minimum absolute atomic E-state index is 0.0694. The second-order valence-electron chi connectivity index (χ2n) is 16.8. The Hall–Kier alpha value is -4.12. The van der Waals surface area contributed by atoms with Gasteiger partial charge in [-0.05, 0) is 87.2 Å². The molecule has 3 saturated heterocycles. The zero-order valence-corrected chi connectivity index (χ0v) is 32.5. The van der Waals surface area contributed by atoms with E-state index in [2.05, 4.69) is 76.2 Å². The third-order valence-corrected chi connectivity index (χ3v) is 14.8. The number of aliphatic hydroxyl groups excluding tert-OH is 1. The molecule has 1 saturated carbocycles. The lowest BCUT2D eigenvalue weighted by Crippen LogP contribution is -2.67. The number of likely N-dealkylation sites (N-methyl/N-ethyl adjacent to an activating group) is 1. The van der Waals surface area contributed by atoms with Crippen LogP contribution in [0, 0.1) is 23.2 Å². The number of aliphatic hydroxyl groups is 1. The number of likely N-dealkylation sites (tertiary alicyclic amines) is 1. The highest BCUT2D eigenvalue weighted by molar-refractivity contribution is 5.95. The van der Waals surface area contributed by atoms with Crippen molar-refractivity contribution < 1.29 is 28.9 Å². The van der Waals surface area contributed by atoms with Crippen LogP contribution in [0.5, 0.6) is 5.75 Å². The van der Waals surface area contributed by atoms with Gasteiger partial charge in [0, 0.05) is 76.8 Å². The van der Waals surface area contributed by atoms with Crippen LogP contribution in [0.3, 0.4) is 0 Å². The van der Waals surface area contributed by atoms with E-state index in [0.717, 1.165) is 94.4 Å². The van der Waals surface area contributed by atoms with Crippen molar-refractivity contribution in [3.8, 4) is 5.75 Å². The van der Waals surface area contributed by atoms with Gasteiger partial charge in [-0.15, -0.1) is 0 Å². The standard InChI is InChI=1S/C44H54N4O6/c1-7-25-17-24-20-43(41(50)53-5)39-29(15-16-48(21-24)40(25)43)28-13-14-34(52-4)36(38(28)46-39)31-18-32-26(8-2)22-47(3)35(44(32,23-49)42(51)54-6)19-30-27-11-9-10-12-33(27)45-37(30)31/h8-14,24-25,31-32,35,40,45-46,49H,7,15-23H2,1-6H3/b26-8-/t24-,25+,31+,32-,35+,40+,43-,44+/m1/s1. The van der Waals surface area contributed by atoms with Gasteiger partial charge < -0.3 is 29.3 Å². The van der Waals surface area contributed by atoms with E-state index in [9.17, 15) is 14.7 Å². The molecule has 4 fully saturated rings. The van der Waals surface area contributed by atoms with Crippen molar-refractivity contribution in [1.29, 1.82) is 0 Å². The maximum Gasteiger partial charge on any atom is 0.319 e. The Bertz CT molecular complexity index is 2190. The number of methoxy groups -OCH3 is 3. The molecule has 2 aromatic carbocycles. The van der Waals surface area contributed by atoms with Crippen LogP contribution in [-0.2, 0) is 37.3 Å². The summed E-state index contributed by atoms with van der Waals surface area (Å²) in [6.07, 6.45) is 6.99. The molecular formula is C44H54N4O6. The maximum absolute atomic E-state index is 14.4. The Morgan fingerprint density at radius 2 is 1.81 bits per heavy atom. The highest BCUT2D eigenvalue weighted by Crippen LogP contribution is 2.58. The van der Waals surface area contributed by atoms with Crippen LogP contribution in [0.1, 0.15) is 73.5 Å². The van der Waals surface area contributed by atoms with Gasteiger partial charge in [-0.3, -0.25) is 19.4 Å². The predicted octanol–water partition coefficient (Wildman–Crippen LogP) is 5.85. The number of nitrogens with zero attached hydrogens (tertiary/aromatic N) is 2. The Morgan fingerprint density at radius 3 is 2.54 bits per heavy atom. The van der Waals surface area contributed by atoms with Crippen LogP contribution in [0.2, 0.25) is 0 Å². The number of carbonyl (C=O) groups is 2. The van der Waals surface area contributed by atoms with E-state index in [1.54, 1.807) is 14.2 Å². The van der Waals surface area contributed by atoms with Crippen molar-refractivity contribution in [2.45, 2.75) is 75.8 Å². The fraction of sp³-hybridized carbons (Fsp3) is 0.545. The third kappa shape index (κ3) is 4.62. The normalized spacial score (nSPS) is 33.8. The zero-order chi connectivity index (χ0) is 37.7. The number of H-pyrrole nitrogens is 2. The number of aromatic amines is 2. The Morgan fingerprint density at radius 1 is 1.02 bits per heavy atom. The smallest absolute Gasteiger partial charge is 0.319 e. The number of rotatable bonds is 6. The van der Waals surface area contributed by atoms with Crippen molar-refractivity contribution in [2.24, 2.45) is 23.2 Å². The number of allylic oxidation sites excluding steroid dienone is 1. The van der Waals surface area contributed by atoms with Gasteiger partial charge in [0.25, 0.3) is 0 Å². The summed E-state index contributed by atoms with van der Waals surface area (Å²) in [5.41, 5.74) is 6.57. The monoisotopic (exact) mass is 734 g/mol. The van der Waals surface area contributed by atoms with Gasteiger partial charge in [0.1, 0.15) is 16.6 Å². The maximum atomic E-state index is 14.4. The second kappa shape index (κ2) is 13.0. The number of benzene rings is 2. The van der Waals surface area contributed by atoms with Crippen LogP contribution in [0.4, 0.5) is 0 Å². The van der Waals surface area contributed by atoms with E-state index in [0.29, 0.717) is 31.2 Å². The minimum atomic E-state index is -1.19. The number of nitrogens with one attached hydrogen (secondary N) is 2. The van der Waals surface area contributed by atoms with Crippen LogP contribution in [-0.4, -0.2) is 104 Å². The summed E-state index contributed by atoms with van der Waals surface area (Å²) in [5.74, 6) is 0.479. The number of hydrogen-bond donors (Lipinski definition) is 3. The quantitative estimate of drug-likeness (QED) is 0.167. The molecule has 54 heavy (non-hydrogen) atoms. The van der Waals surface area contributed by atoms with Gasteiger partial charge in [-0.2, -0.15) is 0 Å². The molecule has 4 aliphatic heterocycles. The summed E-state index contributed by atoms with van der Waals surface area (Å²) in [5, 5.41) is 13.7. The molecule has 2 aromatic heterocycles. The first-order chi connectivity index (χ1) is 26.2. The Labute approximate surface area is 317 Å². The lowest BCUT2D eigenvalue weighted by Gasteiger charge is -2.57. The van der Waals surface area contributed by atoms with Gasteiger partial charge in [0.2, 0.25) is 0 Å². The summed E-state index contributed by atoms with van der Waals surface area (Å²) in [7, 11) is 6.76. The molecular weight excluding hydrogens is 681 g/mol. The van der Waals surface area contributed by atoms with Crippen molar-refractivity contribution >= 4 is 33.7 Å². The Balaban J connectivity index is 1.34. The van der Waals surface area contributed by atoms with Gasteiger partial charge in [-0.25, -0.2) is 0 Å². The fourth-order valence-electron chi connectivity index (χ4n) is 12.7. The molecule has 4 aromatic rings. The van der Waals surface area contributed by atoms with E-state index in [-0.39, 0.29) is 42.5 Å². The van der Waals surface area contributed by atoms with E-state index < -0.39 is 10.8 Å². The van der Waals surface area contributed by atoms with Gasteiger partial charge >= 0.3 is 11.9 Å². The van der Waals surface area contributed by atoms with E-state index in [4.69, 9.17) is 14.2 Å². The second-order valence-corrected chi connectivity index (χ2v) is 16.8. The predicted molar refractivity (Wildman–Crippen MR) is 208 cm³/mol.